The van der Waals surface area contributed by atoms with Crippen LogP contribution in [0.3, 0.4) is 0 Å². The van der Waals surface area contributed by atoms with E-state index in [0.29, 0.717) is 6.04 Å². The molecule has 1 aliphatic carbocycles. The zero-order valence-electron chi connectivity index (χ0n) is 12.2. The van der Waals surface area contributed by atoms with Crippen molar-refractivity contribution >= 4 is 10.9 Å². The summed E-state index contributed by atoms with van der Waals surface area (Å²) in [5.41, 5.74) is 1.34. The van der Waals surface area contributed by atoms with Gasteiger partial charge >= 0.3 is 0 Å². The number of para-hydroxylation sites is 1. The summed E-state index contributed by atoms with van der Waals surface area (Å²) in [6, 6.07) is 11.3. The molecule has 0 saturated heterocycles. The lowest BCUT2D eigenvalue weighted by Crippen LogP contribution is -2.36. The molecular weight excluding hydrogens is 248 g/mol. The lowest BCUT2D eigenvalue weighted by molar-refractivity contribution is 0.157. The average molecular weight is 272 g/mol. The minimum absolute atomic E-state index is 0.557. The molecule has 1 heterocycles. The summed E-state index contributed by atoms with van der Waals surface area (Å²) in [4.78, 5) is 0. The zero-order chi connectivity index (χ0) is 13.8. The normalized spacial score (nSPS) is 16.6. The molecule has 1 atom stereocenters. The second kappa shape index (κ2) is 6.42. The summed E-state index contributed by atoms with van der Waals surface area (Å²) in [6.45, 7) is 2.99. The molecule has 0 bridgehead atoms. The van der Waals surface area contributed by atoms with Crippen molar-refractivity contribution in [2.24, 2.45) is 5.92 Å². The molecule has 3 nitrogen and oxygen atoms in total. The molecule has 1 unspecified atom stereocenters. The predicted molar refractivity (Wildman–Crippen MR) is 82.9 cm³/mol. The van der Waals surface area contributed by atoms with Gasteiger partial charge in [-0.05, 0) is 49.2 Å². The monoisotopic (exact) mass is 272 g/mol. The number of hydrogen-bond donors (Lipinski definition) is 1. The van der Waals surface area contributed by atoms with E-state index in [1.165, 1.54) is 23.7 Å². The number of hydrogen-bond acceptors (Lipinski definition) is 2. The second-order valence-corrected chi connectivity index (χ2v) is 5.77. The van der Waals surface area contributed by atoms with Crippen molar-refractivity contribution in [3.63, 3.8) is 0 Å². The molecule has 1 aliphatic rings. The van der Waals surface area contributed by atoms with Crippen molar-refractivity contribution in [2.75, 3.05) is 20.3 Å². The molecule has 0 spiro atoms. The first kappa shape index (κ1) is 13.7. The number of ether oxygens (including phenoxy) is 1. The summed E-state index contributed by atoms with van der Waals surface area (Å²) in [6.07, 6.45) is 6.08. The van der Waals surface area contributed by atoms with Crippen LogP contribution in [0.5, 0.6) is 0 Å². The highest BCUT2D eigenvalue weighted by atomic mass is 16.5. The van der Waals surface area contributed by atoms with Gasteiger partial charge in [-0.1, -0.05) is 18.2 Å². The molecule has 3 heteroatoms. The molecule has 1 fully saturated rings. The summed E-state index contributed by atoms with van der Waals surface area (Å²) in [5.74, 6) is 0.849. The Kier molecular flexibility index (Phi) is 4.38. The van der Waals surface area contributed by atoms with Crippen LogP contribution in [0.25, 0.3) is 10.9 Å². The first-order valence-electron chi connectivity index (χ1n) is 7.64. The van der Waals surface area contributed by atoms with Crippen LogP contribution in [-0.2, 0) is 11.3 Å². The van der Waals surface area contributed by atoms with Gasteiger partial charge < -0.3 is 14.6 Å². The second-order valence-electron chi connectivity index (χ2n) is 5.77. The molecule has 1 N–H and O–H groups in total. The highest BCUT2D eigenvalue weighted by Gasteiger charge is 2.30. The Morgan fingerprint density at radius 2 is 2.15 bits per heavy atom. The number of benzene rings is 1. The van der Waals surface area contributed by atoms with Crippen molar-refractivity contribution in [3.8, 4) is 0 Å². The number of aromatic nitrogens is 1. The molecule has 0 aliphatic heterocycles. The van der Waals surface area contributed by atoms with E-state index in [1.807, 2.05) is 0 Å². The predicted octanol–water partition coefficient (Wildman–Crippen LogP) is 3.05. The third-order valence-electron chi connectivity index (χ3n) is 4.20. The number of aryl methyl sites for hydroxylation is 1. The third kappa shape index (κ3) is 3.22. The van der Waals surface area contributed by atoms with Gasteiger partial charge in [-0.25, -0.2) is 0 Å². The van der Waals surface area contributed by atoms with Crippen LogP contribution >= 0.6 is 0 Å². The first-order chi connectivity index (χ1) is 9.88. The number of methoxy groups -OCH3 is 1. The SMILES string of the molecule is COCC(NCCCn1ccc2ccccc21)C1CC1. The van der Waals surface area contributed by atoms with Crippen molar-refractivity contribution < 1.29 is 4.74 Å². The molecule has 2 aromatic rings. The van der Waals surface area contributed by atoms with Crippen molar-refractivity contribution in [1.29, 1.82) is 0 Å². The van der Waals surface area contributed by atoms with Gasteiger partial charge in [0.25, 0.3) is 0 Å². The Morgan fingerprint density at radius 1 is 1.30 bits per heavy atom. The summed E-state index contributed by atoms with van der Waals surface area (Å²) < 4.78 is 7.64. The largest absolute Gasteiger partial charge is 0.383 e. The van der Waals surface area contributed by atoms with E-state index in [2.05, 4.69) is 46.4 Å². The van der Waals surface area contributed by atoms with Crippen LogP contribution < -0.4 is 5.32 Å². The summed E-state index contributed by atoms with van der Waals surface area (Å²) in [5, 5.41) is 4.98. The maximum absolute atomic E-state index is 5.30. The Labute approximate surface area is 120 Å². The molecule has 0 amide bonds. The van der Waals surface area contributed by atoms with Crippen LogP contribution in [0.4, 0.5) is 0 Å². The van der Waals surface area contributed by atoms with Gasteiger partial charge in [0.1, 0.15) is 0 Å². The van der Waals surface area contributed by atoms with Gasteiger partial charge in [0.05, 0.1) is 6.61 Å². The van der Waals surface area contributed by atoms with Gasteiger partial charge in [0, 0.05) is 31.4 Å². The van der Waals surface area contributed by atoms with E-state index < -0.39 is 0 Å². The molecular formula is C17H24N2O. The quantitative estimate of drug-likeness (QED) is 0.748. The van der Waals surface area contributed by atoms with Crippen molar-refractivity contribution in [2.45, 2.75) is 31.8 Å². The zero-order valence-corrected chi connectivity index (χ0v) is 12.2. The van der Waals surface area contributed by atoms with Crippen LogP contribution in [0, 0.1) is 5.92 Å². The Morgan fingerprint density at radius 3 is 2.95 bits per heavy atom. The number of fused-ring (bicyclic) bond motifs is 1. The number of nitrogens with one attached hydrogen (secondary N) is 1. The molecule has 3 rings (SSSR count). The summed E-state index contributed by atoms with van der Waals surface area (Å²) >= 11 is 0. The maximum Gasteiger partial charge on any atom is 0.0618 e. The van der Waals surface area contributed by atoms with Crippen LogP contribution in [-0.4, -0.2) is 30.9 Å². The van der Waals surface area contributed by atoms with Crippen LogP contribution in [0.2, 0.25) is 0 Å². The number of nitrogens with zero attached hydrogens (tertiary/aromatic N) is 1. The van der Waals surface area contributed by atoms with E-state index in [0.717, 1.165) is 32.0 Å². The van der Waals surface area contributed by atoms with Crippen molar-refractivity contribution in [1.82, 2.24) is 9.88 Å². The lowest BCUT2D eigenvalue weighted by Gasteiger charge is -2.17. The Hall–Kier alpha value is -1.32. The third-order valence-corrected chi connectivity index (χ3v) is 4.20. The van der Waals surface area contributed by atoms with E-state index in [9.17, 15) is 0 Å². The van der Waals surface area contributed by atoms with Crippen LogP contribution in [0.15, 0.2) is 36.5 Å². The van der Waals surface area contributed by atoms with E-state index in [-0.39, 0.29) is 0 Å². The lowest BCUT2D eigenvalue weighted by atomic mass is 10.2. The topological polar surface area (TPSA) is 26.2 Å². The molecule has 1 aromatic carbocycles. The fourth-order valence-corrected chi connectivity index (χ4v) is 2.91. The molecule has 20 heavy (non-hydrogen) atoms. The van der Waals surface area contributed by atoms with E-state index >= 15 is 0 Å². The van der Waals surface area contributed by atoms with Gasteiger partial charge in [-0.2, -0.15) is 0 Å². The minimum Gasteiger partial charge on any atom is -0.383 e. The minimum atomic E-state index is 0.557. The first-order valence-corrected chi connectivity index (χ1v) is 7.64. The highest BCUT2D eigenvalue weighted by molar-refractivity contribution is 5.79. The highest BCUT2D eigenvalue weighted by Crippen LogP contribution is 2.32. The van der Waals surface area contributed by atoms with Gasteiger partial charge in [0.15, 0.2) is 0 Å². The van der Waals surface area contributed by atoms with E-state index in [4.69, 9.17) is 4.74 Å². The Bertz CT molecular complexity index is 545. The van der Waals surface area contributed by atoms with Gasteiger partial charge in [-0.15, -0.1) is 0 Å². The van der Waals surface area contributed by atoms with Gasteiger partial charge in [-0.3, -0.25) is 0 Å². The fourth-order valence-electron chi connectivity index (χ4n) is 2.91. The molecule has 108 valence electrons. The Balaban J connectivity index is 1.47. The van der Waals surface area contributed by atoms with Crippen LogP contribution in [0.1, 0.15) is 19.3 Å². The molecule has 1 aromatic heterocycles. The summed E-state index contributed by atoms with van der Waals surface area (Å²) in [7, 11) is 1.79. The molecule has 0 radical (unpaired) electrons. The van der Waals surface area contributed by atoms with Crippen molar-refractivity contribution in [3.05, 3.63) is 36.5 Å². The average Bonchev–Trinajstić information content (AvgIpc) is 3.24. The number of rotatable bonds is 8. The standard InChI is InChI=1S/C17H24N2O/c1-20-13-16(14-7-8-14)18-10-4-11-19-12-9-15-5-2-3-6-17(15)19/h2-3,5-6,9,12,14,16,18H,4,7-8,10-11,13H2,1H3. The van der Waals surface area contributed by atoms with Gasteiger partial charge in [0.2, 0.25) is 0 Å². The van der Waals surface area contributed by atoms with E-state index in [1.54, 1.807) is 7.11 Å². The molecule has 1 saturated carbocycles. The smallest absolute Gasteiger partial charge is 0.0618 e. The maximum atomic E-state index is 5.30. The fraction of sp³-hybridized carbons (Fsp3) is 0.529.